The number of hydrogen-bond donors (Lipinski definition) is 1. The fourth-order valence-corrected chi connectivity index (χ4v) is 6.50. The van der Waals surface area contributed by atoms with Crippen molar-refractivity contribution in [3.05, 3.63) is 118 Å². The van der Waals surface area contributed by atoms with Gasteiger partial charge in [0.2, 0.25) is 0 Å². The molecule has 4 rings (SSSR count). The average Bonchev–Trinajstić information content (AvgIpc) is 3.05. The number of rotatable bonds is 9. The fraction of sp³-hybridized carbons (Fsp3) is 0.389. The topological polar surface area (TPSA) is 73.3 Å². The Labute approximate surface area is 285 Å². The van der Waals surface area contributed by atoms with E-state index in [0.717, 1.165) is 4.90 Å². The monoisotopic (exact) mass is 709 g/mol. The molecular weight excluding hydrogens is 671 g/mol. The van der Waals surface area contributed by atoms with E-state index in [-0.39, 0.29) is 44.0 Å². The van der Waals surface area contributed by atoms with Crippen molar-refractivity contribution in [1.82, 2.24) is 14.7 Å². The van der Waals surface area contributed by atoms with Crippen LogP contribution in [0.2, 0.25) is 0 Å². The maximum atomic E-state index is 14.3. The van der Waals surface area contributed by atoms with Crippen LogP contribution in [-0.4, -0.2) is 58.2 Å². The number of halogens is 7. The van der Waals surface area contributed by atoms with E-state index in [1.54, 1.807) is 43.3 Å². The quantitative estimate of drug-likeness (QED) is 0.178. The third-order valence-corrected chi connectivity index (χ3v) is 9.30. The molecule has 0 unspecified atom stereocenters. The minimum atomic E-state index is -5.08. The molecule has 1 fully saturated rings. The van der Waals surface area contributed by atoms with Crippen molar-refractivity contribution in [3.8, 4) is 0 Å². The second-order valence-corrected chi connectivity index (χ2v) is 12.5. The highest BCUT2D eigenvalue weighted by molar-refractivity contribution is 5.76. The lowest BCUT2D eigenvalue weighted by Gasteiger charge is -2.52. The van der Waals surface area contributed by atoms with Crippen LogP contribution in [0.3, 0.4) is 0 Å². The summed E-state index contributed by atoms with van der Waals surface area (Å²) in [5.74, 6) is -0.541. The molecule has 3 aromatic carbocycles. The van der Waals surface area contributed by atoms with Crippen LogP contribution in [0.25, 0.3) is 0 Å². The van der Waals surface area contributed by atoms with E-state index in [9.17, 15) is 45.4 Å². The van der Waals surface area contributed by atoms with E-state index in [1.165, 1.54) is 55.3 Å². The predicted molar refractivity (Wildman–Crippen MR) is 171 cm³/mol. The van der Waals surface area contributed by atoms with Crippen LogP contribution in [0.1, 0.15) is 71.7 Å². The molecule has 1 heterocycles. The van der Waals surface area contributed by atoms with Gasteiger partial charge in [-0.3, -0.25) is 4.90 Å². The van der Waals surface area contributed by atoms with Gasteiger partial charge in [0.15, 0.2) is 0 Å². The second kappa shape index (κ2) is 15.0. The molecule has 0 aromatic heterocycles. The maximum Gasteiger partial charge on any atom is 0.416 e. The number of amides is 3. The van der Waals surface area contributed by atoms with Crippen molar-refractivity contribution >= 4 is 12.1 Å². The van der Waals surface area contributed by atoms with Gasteiger partial charge in [0.1, 0.15) is 5.82 Å². The average molecular weight is 710 g/mol. The molecule has 0 saturated carbocycles. The van der Waals surface area contributed by atoms with Crippen LogP contribution in [0.5, 0.6) is 0 Å². The number of ether oxygens (including phenoxy) is 1. The highest BCUT2D eigenvalue weighted by atomic mass is 19.4. The Morgan fingerprint density at radius 2 is 1.64 bits per heavy atom. The molecule has 7 nitrogen and oxygen atoms in total. The van der Waals surface area contributed by atoms with Crippen LogP contribution in [0.4, 0.5) is 40.3 Å². The highest BCUT2D eigenvalue weighted by Gasteiger charge is 2.48. The molecular formula is C36H38F7N3O4. The van der Waals surface area contributed by atoms with E-state index < -0.39 is 59.0 Å². The van der Waals surface area contributed by atoms with Gasteiger partial charge in [0.25, 0.3) is 0 Å². The molecule has 1 saturated heterocycles. The largest absolute Gasteiger partial charge is 0.505 e. The van der Waals surface area contributed by atoms with Crippen LogP contribution < -0.4 is 0 Å². The lowest BCUT2D eigenvalue weighted by molar-refractivity contribution is -0.143. The SMILES string of the molecule is COC=CC[C@]1(N(Cc2ccccc2)C(=O)O)CCN(C(=O)N(C)[C@H](C)c2cc(C(F)(F)F)cc(C(F)(F)F)c2)[C@@H](c2ccc(F)cc2C)C1. The summed E-state index contributed by atoms with van der Waals surface area (Å²) in [6, 6.07) is 11.2. The summed E-state index contributed by atoms with van der Waals surface area (Å²) < 4.78 is 101. The van der Waals surface area contributed by atoms with Crippen LogP contribution in [-0.2, 0) is 23.6 Å². The van der Waals surface area contributed by atoms with Crippen molar-refractivity contribution in [2.45, 2.75) is 69.6 Å². The van der Waals surface area contributed by atoms with Crippen LogP contribution in [0.15, 0.2) is 79.1 Å². The molecule has 3 aromatic rings. The van der Waals surface area contributed by atoms with Crippen molar-refractivity contribution in [2.75, 3.05) is 20.7 Å². The zero-order valence-corrected chi connectivity index (χ0v) is 27.9. The summed E-state index contributed by atoms with van der Waals surface area (Å²) >= 11 is 0. The van der Waals surface area contributed by atoms with E-state index >= 15 is 0 Å². The number of aryl methyl sites for hydroxylation is 1. The zero-order chi connectivity index (χ0) is 37.0. The number of likely N-dealkylation sites (tertiary alicyclic amines) is 1. The number of piperidine rings is 1. The van der Waals surface area contributed by atoms with Crippen molar-refractivity contribution in [3.63, 3.8) is 0 Å². The number of methoxy groups -OCH3 is 1. The van der Waals surface area contributed by atoms with Gasteiger partial charge in [-0.2, -0.15) is 26.3 Å². The van der Waals surface area contributed by atoms with Gasteiger partial charge in [0, 0.05) is 20.1 Å². The smallest absolute Gasteiger partial charge is 0.416 e. The van der Waals surface area contributed by atoms with Crippen molar-refractivity contribution in [2.24, 2.45) is 0 Å². The first-order valence-corrected chi connectivity index (χ1v) is 15.7. The summed E-state index contributed by atoms with van der Waals surface area (Å²) in [6.07, 6.45) is -7.96. The Morgan fingerprint density at radius 3 is 2.18 bits per heavy atom. The van der Waals surface area contributed by atoms with Crippen LogP contribution >= 0.6 is 0 Å². The Bertz CT molecular complexity index is 1660. The number of carbonyl (C=O) groups excluding carboxylic acids is 1. The number of nitrogens with zero attached hydrogens (tertiary/aromatic N) is 3. The van der Waals surface area contributed by atoms with Crippen LogP contribution in [0, 0.1) is 12.7 Å². The zero-order valence-electron chi connectivity index (χ0n) is 27.9. The summed E-state index contributed by atoms with van der Waals surface area (Å²) in [4.78, 5) is 31.0. The third kappa shape index (κ3) is 8.51. The first kappa shape index (κ1) is 38.1. The number of carboxylic acid groups (broad SMARTS) is 1. The molecule has 50 heavy (non-hydrogen) atoms. The number of hydrogen-bond acceptors (Lipinski definition) is 3. The number of carbonyl (C=O) groups is 2. The molecule has 1 aliphatic rings. The Morgan fingerprint density at radius 1 is 1.02 bits per heavy atom. The summed E-state index contributed by atoms with van der Waals surface area (Å²) in [5.41, 5.74) is -2.83. The molecule has 0 bridgehead atoms. The Kier molecular flexibility index (Phi) is 11.4. The predicted octanol–water partition coefficient (Wildman–Crippen LogP) is 9.59. The molecule has 1 N–H and O–H groups in total. The minimum Gasteiger partial charge on any atom is -0.505 e. The molecule has 270 valence electrons. The van der Waals surface area contributed by atoms with Gasteiger partial charge in [0.05, 0.1) is 42.1 Å². The standard InChI is InChI=1S/C36H38F7N3O4/c1-23-17-29(37)11-12-30(23)31-21-34(13-8-16-50-4,46(33(48)49)22-25-9-6-5-7-10-25)14-15-45(31)32(47)44(3)24(2)26-18-27(35(38,39)40)20-28(19-26)36(41,42)43/h5-12,16-20,24,31H,13-15,21-22H2,1-4H3,(H,48,49)/t24-,31-,34+/m1/s1. The maximum absolute atomic E-state index is 14.3. The second-order valence-electron chi connectivity index (χ2n) is 12.5. The minimum absolute atomic E-state index is 0.00802. The lowest BCUT2D eigenvalue weighted by atomic mass is 9.76. The molecule has 3 amide bonds. The normalized spacial score (nSPS) is 18.9. The molecule has 0 spiro atoms. The van der Waals surface area contributed by atoms with Gasteiger partial charge in [-0.1, -0.05) is 36.4 Å². The molecule has 0 radical (unpaired) electrons. The Balaban J connectivity index is 1.79. The molecule has 0 aliphatic carbocycles. The van der Waals surface area contributed by atoms with Gasteiger partial charge in [-0.15, -0.1) is 0 Å². The summed E-state index contributed by atoms with van der Waals surface area (Å²) in [6.45, 7) is 2.91. The Hall–Kier alpha value is -4.75. The highest BCUT2D eigenvalue weighted by Crippen LogP contribution is 2.45. The molecule has 3 atom stereocenters. The summed E-state index contributed by atoms with van der Waals surface area (Å²) in [5, 5.41) is 10.5. The van der Waals surface area contributed by atoms with Gasteiger partial charge in [-0.25, -0.2) is 14.0 Å². The first-order chi connectivity index (χ1) is 23.4. The van der Waals surface area contributed by atoms with Gasteiger partial charge < -0.3 is 19.6 Å². The summed E-state index contributed by atoms with van der Waals surface area (Å²) in [7, 11) is 2.71. The molecule has 14 heteroatoms. The van der Waals surface area contributed by atoms with E-state index in [1.807, 2.05) is 0 Å². The van der Waals surface area contributed by atoms with Crippen molar-refractivity contribution < 1.29 is 50.2 Å². The van der Waals surface area contributed by atoms with E-state index in [4.69, 9.17) is 4.74 Å². The van der Waals surface area contributed by atoms with Gasteiger partial charge in [-0.05, 0) is 91.8 Å². The number of benzene rings is 3. The fourth-order valence-electron chi connectivity index (χ4n) is 6.50. The van der Waals surface area contributed by atoms with Gasteiger partial charge >= 0.3 is 24.5 Å². The number of urea groups is 1. The van der Waals surface area contributed by atoms with Crippen molar-refractivity contribution in [1.29, 1.82) is 0 Å². The molecule has 1 aliphatic heterocycles. The van der Waals surface area contributed by atoms with E-state index in [2.05, 4.69) is 0 Å². The van der Waals surface area contributed by atoms with E-state index in [0.29, 0.717) is 28.8 Å². The first-order valence-electron chi connectivity index (χ1n) is 15.7. The lowest BCUT2D eigenvalue weighted by Crippen LogP contribution is -2.59. The third-order valence-electron chi connectivity index (χ3n) is 9.30. The number of alkyl halides is 6.